The Morgan fingerprint density at radius 2 is 1.72 bits per heavy atom. The summed E-state index contributed by atoms with van der Waals surface area (Å²) in [6, 6.07) is 26.0. The van der Waals surface area contributed by atoms with Gasteiger partial charge in [-0.15, -0.1) is 0 Å². The van der Waals surface area contributed by atoms with Crippen LogP contribution < -0.4 is 0 Å². The molecule has 1 unspecified atom stereocenters. The molecule has 0 saturated carbocycles. The molecule has 0 bridgehead atoms. The van der Waals surface area contributed by atoms with E-state index in [0.29, 0.717) is 49.9 Å². The first-order valence-corrected chi connectivity index (χ1v) is 11.7. The number of hydrogen-bond donors (Lipinski definition) is 1. The van der Waals surface area contributed by atoms with Gasteiger partial charge in [-0.2, -0.15) is 4.98 Å². The Balaban J connectivity index is 1.35. The van der Waals surface area contributed by atoms with Crippen LogP contribution in [0.1, 0.15) is 17.0 Å². The molecule has 1 atom stereocenters. The van der Waals surface area contributed by atoms with Gasteiger partial charge in [0.1, 0.15) is 0 Å². The van der Waals surface area contributed by atoms with Gasteiger partial charge in [0, 0.05) is 43.8 Å². The van der Waals surface area contributed by atoms with Crippen molar-refractivity contribution >= 4 is 5.69 Å². The number of aliphatic hydroxyl groups excluding tert-OH is 1. The number of benzene rings is 3. The van der Waals surface area contributed by atoms with Crippen LogP contribution in [0.15, 0.2) is 89.5 Å². The number of hydrogen-bond acceptors (Lipinski definition) is 8. The molecule has 4 rings (SSSR count). The fourth-order valence-electron chi connectivity index (χ4n) is 3.80. The Kier molecular flexibility index (Phi) is 8.87. The van der Waals surface area contributed by atoms with Crippen molar-refractivity contribution in [3.05, 3.63) is 112 Å². The van der Waals surface area contributed by atoms with Crippen LogP contribution in [0.4, 0.5) is 5.69 Å². The van der Waals surface area contributed by atoms with Crippen LogP contribution in [0.5, 0.6) is 0 Å². The first kappa shape index (κ1) is 25.2. The van der Waals surface area contributed by atoms with Crippen molar-refractivity contribution in [2.24, 2.45) is 0 Å². The lowest BCUT2D eigenvalue weighted by Crippen LogP contribution is -2.36. The average molecular weight is 489 g/mol. The predicted octanol–water partition coefficient (Wildman–Crippen LogP) is 4.27. The zero-order valence-corrected chi connectivity index (χ0v) is 19.8. The number of aliphatic hydroxyl groups is 1. The summed E-state index contributed by atoms with van der Waals surface area (Å²) >= 11 is 0. The van der Waals surface area contributed by atoms with Crippen LogP contribution in [0.3, 0.4) is 0 Å². The SMILES string of the molecule is O=[N+]([O-])c1cccc(-c2noc(CCN(Cc3ccccc3)CC(O)COCc3ccccc3)n2)c1. The lowest BCUT2D eigenvalue weighted by Gasteiger charge is -2.24. The maximum Gasteiger partial charge on any atom is 0.270 e. The largest absolute Gasteiger partial charge is 0.389 e. The molecule has 186 valence electrons. The zero-order valence-electron chi connectivity index (χ0n) is 19.8. The first-order valence-electron chi connectivity index (χ1n) is 11.7. The topological polar surface area (TPSA) is 115 Å². The molecule has 9 nitrogen and oxygen atoms in total. The van der Waals surface area contributed by atoms with Crippen LogP contribution in [0.25, 0.3) is 11.4 Å². The van der Waals surface area contributed by atoms with Crippen LogP contribution >= 0.6 is 0 Å². The van der Waals surface area contributed by atoms with E-state index in [1.165, 1.54) is 12.1 Å². The summed E-state index contributed by atoms with van der Waals surface area (Å²) in [6.07, 6.45) is -0.202. The number of aromatic nitrogens is 2. The van der Waals surface area contributed by atoms with E-state index >= 15 is 0 Å². The molecule has 0 amide bonds. The normalized spacial score (nSPS) is 12.1. The van der Waals surface area contributed by atoms with Gasteiger partial charge in [-0.3, -0.25) is 15.0 Å². The molecule has 0 saturated heterocycles. The second kappa shape index (κ2) is 12.7. The highest BCUT2D eigenvalue weighted by molar-refractivity contribution is 5.58. The van der Waals surface area contributed by atoms with Gasteiger partial charge in [-0.25, -0.2) is 0 Å². The minimum atomic E-state index is -0.666. The Hall–Kier alpha value is -3.92. The van der Waals surface area contributed by atoms with Crippen molar-refractivity contribution in [1.82, 2.24) is 15.0 Å². The molecule has 1 heterocycles. The van der Waals surface area contributed by atoms with E-state index < -0.39 is 11.0 Å². The van der Waals surface area contributed by atoms with Crippen molar-refractivity contribution in [2.75, 3.05) is 19.7 Å². The molecule has 4 aromatic rings. The number of nitro benzene ring substituents is 1. The Morgan fingerprint density at radius 3 is 2.44 bits per heavy atom. The molecule has 9 heteroatoms. The lowest BCUT2D eigenvalue weighted by atomic mass is 10.2. The third-order valence-corrected chi connectivity index (χ3v) is 5.56. The number of ether oxygens (including phenoxy) is 1. The summed E-state index contributed by atoms with van der Waals surface area (Å²) < 4.78 is 11.1. The quantitative estimate of drug-likeness (QED) is 0.219. The molecular weight excluding hydrogens is 460 g/mol. The Morgan fingerprint density at radius 1 is 1.00 bits per heavy atom. The second-order valence-corrected chi connectivity index (χ2v) is 8.44. The molecule has 1 N–H and O–H groups in total. The summed E-state index contributed by atoms with van der Waals surface area (Å²) in [7, 11) is 0. The number of nitrogens with zero attached hydrogens (tertiary/aromatic N) is 4. The summed E-state index contributed by atoms with van der Waals surface area (Å²) in [5.74, 6) is 0.724. The number of non-ortho nitro benzene ring substituents is 1. The fourth-order valence-corrected chi connectivity index (χ4v) is 3.80. The van der Waals surface area contributed by atoms with Crippen molar-refractivity contribution in [3.8, 4) is 11.4 Å². The molecular formula is C27H28N4O5. The van der Waals surface area contributed by atoms with Gasteiger partial charge >= 0.3 is 0 Å². The van der Waals surface area contributed by atoms with E-state index in [1.54, 1.807) is 12.1 Å². The van der Waals surface area contributed by atoms with E-state index in [1.807, 2.05) is 60.7 Å². The molecule has 1 aromatic heterocycles. The summed E-state index contributed by atoms with van der Waals surface area (Å²) in [5, 5.41) is 25.7. The van der Waals surface area contributed by atoms with Gasteiger partial charge < -0.3 is 14.4 Å². The van der Waals surface area contributed by atoms with E-state index in [4.69, 9.17) is 9.26 Å². The molecule has 0 aliphatic carbocycles. The second-order valence-electron chi connectivity index (χ2n) is 8.44. The summed E-state index contributed by atoms with van der Waals surface area (Å²) in [4.78, 5) is 17.1. The van der Waals surface area contributed by atoms with Gasteiger partial charge in [-0.1, -0.05) is 78.0 Å². The lowest BCUT2D eigenvalue weighted by molar-refractivity contribution is -0.384. The smallest absolute Gasteiger partial charge is 0.270 e. The first-order chi connectivity index (χ1) is 17.6. The van der Waals surface area contributed by atoms with E-state index in [9.17, 15) is 15.2 Å². The monoisotopic (exact) mass is 488 g/mol. The average Bonchev–Trinajstić information content (AvgIpc) is 3.38. The molecule has 0 radical (unpaired) electrons. The van der Waals surface area contributed by atoms with Crippen LogP contribution in [-0.2, 0) is 24.3 Å². The summed E-state index contributed by atoms with van der Waals surface area (Å²) in [5.41, 5.74) is 2.67. The highest BCUT2D eigenvalue weighted by Gasteiger charge is 2.16. The minimum absolute atomic E-state index is 0.0312. The molecule has 3 aromatic carbocycles. The van der Waals surface area contributed by atoms with Crippen LogP contribution in [0, 0.1) is 10.1 Å². The number of nitro groups is 1. The van der Waals surface area contributed by atoms with Crippen molar-refractivity contribution in [3.63, 3.8) is 0 Å². The third kappa shape index (κ3) is 7.54. The molecule has 0 aliphatic rings. The minimum Gasteiger partial charge on any atom is -0.389 e. The van der Waals surface area contributed by atoms with Gasteiger partial charge in [0.2, 0.25) is 11.7 Å². The Bertz CT molecular complexity index is 1230. The predicted molar refractivity (Wildman–Crippen MR) is 134 cm³/mol. The van der Waals surface area contributed by atoms with Crippen molar-refractivity contribution in [2.45, 2.75) is 25.7 Å². The number of rotatable bonds is 13. The molecule has 0 fully saturated rings. The van der Waals surface area contributed by atoms with Crippen LogP contribution in [-0.4, -0.2) is 50.9 Å². The molecule has 0 aliphatic heterocycles. The molecule has 36 heavy (non-hydrogen) atoms. The highest BCUT2D eigenvalue weighted by Crippen LogP contribution is 2.21. The van der Waals surface area contributed by atoms with Gasteiger partial charge in [0.15, 0.2) is 0 Å². The van der Waals surface area contributed by atoms with Gasteiger partial charge in [-0.05, 0) is 11.1 Å². The van der Waals surface area contributed by atoms with E-state index in [2.05, 4.69) is 15.0 Å². The van der Waals surface area contributed by atoms with Gasteiger partial charge in [0.25, 0.3) is 5.69 Å². The molecule has 0 spiro atoms. The standard InChI is InChI=1S/C27H28N4O5/c32-25(20-35-19-22-10-5-2-6-11-22)18-30(17-21-8-3-1-4-9-21)15-14-26-28-27(29-36-26)23-12-7-13-24(16-23)31(33)34/h1-13,16,25,32H,14-15,17-20H2. The maximum absolute atomic E-state index is 11.0. The zero-order chi connectivity index (χ0) is 25.2. The van der Waals surface area contributed by atoms with Crippen molar-refractivity contribution < 1.29 is 19.3 Å². The van der Waals surface area contributed by atoms with E-state index in [-0.39, 0.29) is 12.3 Å². The van der Waals surface area contributed by atoms with Crippen molar-refractivity contribution in [1.29, 1.82) is 0 Å². The van der Waals surface area contributed by atoms with Gasteiger partial charge in [0.05, 0.1) is 24.2 Å². The highest BCUT2D eigenvalue weighted by atomic mass is 16.6. The third-order valence-electron chi connectivity index (χ3n) is 5.56. The van der Waals surface area contributed by atoms with Crippen LogP contribution in [0.2, 0.25) is 0 Å². The summed E-state index contributed by atoms with van der Waals surface area (Å²) in [6.45, 7) is 2.29. The Labute approximate surface area is 209 Å². The fraction of sp³-hybridized carbons (Fsp3) is 0.259. The van der Waals surface area contributed by atoms with E-state index in [0.717, 1.165) is 11.1 Å². The maximum atomic E-state index is 11.0.